The Bertz CT molecular complexity index is 220. The predicted molar refractivity (Wildman–Crippen MR) is 47.4 cm³/mol. The summed E-state index contributed by atoms with van der Waals surface area (Å²) in [5, 5.41) is 2.98. The molecular formula is C10H15NO. The van der Waals surface area contributed by atoms with Gasteiger partial charge >= 0.3 is 0 Å². The number of carbonyl (C=O) groups is 1. The summed E-state index contributed by atoms with van der Waals surface area (Å²) in [4.78, 5) is 11.1. The number of rotatable bonds is 0. The van der Waals surface area contributed by atoms with Crippen LogP contribution < -0.4 is 5.32 Å². The van der Waals surface area contributed by atoms with Gasteiger partial charge in [-0.05, 0) is 31.6 Å². The number of hydrogen-bond donors (Lipinski definition) is 1. The van der Waals surface area contributed by atoms with Crippen LogP contribution in [0.15, 0.2) is 11.8 Å². The van der Waals surface area contributed by atoms with Gasteiger partial charge in [-0.2, -0.15) is 0 Å². The fourth-order valence-corrected chi connectivity index (χ4v) is 2.10. The van der Waals surface area contributed by atoms with E-state index in [1.807, 2.05) is 0 Å². The first kappa shape index (κ1) is 7.84. The van der Waals surface area contributed by atoms with E-state index in [0.717, 1.165) is 19.3 Å². The summed E-state index contributed by atoms with van der Waals surface area (Å²) in [6.45, 7) is 0. The molecule has 66 valence electrons. The fourth-order valence-electron chi connectivity index (χ4n) is 2.10. The molecule has 2 heteroatoms. The summed E-state index contributed by atoms with van der Waals surface area (Å²) in [6.07, 6.45) is 9.03. The molecule has 0 radical (unpaired) electrons. The van der Waals surface area contributed by atoms with Gasteiger partial charge in [0.1, 0.15) is 0 Å². The molecule has 1 N–H and O–H groups in total. The maximum Gasteiger partial charge on any atom is 0.224 e. The molecule has 2 nitrogen and oxygen atoms in total. The van der Waals surface area contributed by atoms with Gasteiger partial charge in [0.2, 0.25) is 5.91 Å². The first-order valence-corrected chi connectivity index (χ1v) is 4.86. The highest BCUT2D eigenvalue weighted by atomic mass is 16.1. The molecule has 2 aliphatic rings. The molecule has 1 aliphatic carbocycles. The van der Waals surface area contributed by atoms with Crippen molar-refractivity contribution < 1.29 is 4.79 Å². The molecule has 1 heterocycles. The van der Waals surface area contributed by atoms with Crippen molar-refractivity contribution in [2.75, 3.05) is 0 Å². The molecule has 1 unspecified atom stereocenters. The molecule has 0 aromatic rings. The molecule has 1 fully saturated rings. The Balaban J connectivity index is 2.11. The van der Waals surface area contributed by atoms with Crippen molar-refractivity contribution >= 4 is 5.91 Å². The van der Waals surface area contributed by atoms with Crippen LogP contribution in [0.25, 0.3) is 0 Å². The van der Waals surface area contributed by atoms with E-state index in [1.54, 1.807) is 0 Å². The summed E-state index contributed by atoms with van der Waals surface area (Å²) in [6, 6.07) is 0. The molecule has 0 bridgehead atoms. The summed E-state index contributed by atoms with van der Waals surface area (Å²) < 4.78 is 0. The van der Waals surface area contributed by atoms with Crippen molar-refractivity contribution in [3.63, 3.8) is 0 Å². The van der Waals surface area contributed by atoms with Gasteiger partial charge in [0.05, 0.1) is 0 Å². The lowest BCUT2D eigenvalue weighted by molar-refractivity contribution is -0.121. The van der Waals surface area contributed by atoms with Gasteiger partial charge in [-0.25, -0.2) is 0 Å². The Morgan fingerprint density at radius 1 is 1.33 bits per heavy atom. The highest BCUT2D eigenvalue weighted by molar-refractivity contribution is 5.79. The largest absolute Gasteiger partial charge is 0.330 e. The molecular weight excluding hydrogens is 150 g/mol. The smallest absolute Gasteiger partial charge is 0.224 e. The van der Waals surface area contributed by atoms with Crippen LogP contribution in [0.2, 0.25) is 0 Å². The van der Waals surface area contributed by atoms with Gasteiger partial charge in [-0.1, -0.05) is 12.5 Å². The van der Waals surface area contributed by atoms with Crippen LogP contribution in [0.1, 0.15) is 38.5 Å². The zero-order valence-electron chi connectivity index (χ0n) is 7.31. The second kappa shape index (κ2) is 3.30. The second-order valence-electron chi connectivity index (χ2n) is 3.73. The van der Waals surface area contributed by atoms with Gasteiger partial charge in [-0.3, -0.25) is 4.79 Å². The van der Waals surface area contributed by atoms with Crippen LogP contribution in [-0.2, 0) is 4.79 Å². The minimum absolute atomic E-state index is 0.208. The van der Waals surface area contributed by atoms with Crippen LogP contribution in [0.3, 0.4) is 0 Å². The summed E-state index contributed by atoms with van der Waals surface area (Å²) in [5.41, 5.74) is 1.21. The Labute approximate surface area is 73.0 Å². The third-order valence-corrected chi connectivity index (χ3v) is 2.81. The number of piperidine rings is 1. The van der Waals surface area contributed by atoms with Gasteiger partial charge in [0, 0.05) is 12.1 Å². The van der Waals surface area contributed by atoms with Crippen LogP contribution >= 0.6 is 0 Å². The minimum atomic E-state index is 0.208. The molecule has 1 saturated heterocycles. The van der Waals surface area contributed by atoms with E-state index in [9.17, 15) is 4.79 Å². The van der Waals surface area contributed by atoms with Crippen molar-refractivity contribution in [1.82, 2.24) is 5.32 Å². The Morgan fingerprint density at radius 2 is 2.25 bits per heavy atom. The standard InChI is InChI=1S/C10H15NO/c12-10-7-6-8-4-2-1-3-5-9(8)11-10/h5,8H,1-4,6-7H2,(H,11,12). The number of allylic oxidation sites excluding steroid dienone is 2. The Morgan fingerprint density at radius 3 is 3.17 bits per heavy atom. The summed E-state index contributed by atoms with van der Waals surface area (Å²) in [5.74, 6) is 0.865. The molecule has 1 aliphatic heterocycles. The summed E-state index contributed by atoms with van der Waals surface area (Å²) >= 11 is 0. The average molecular weight is 165 g/mol. The maximum absolute atomic E-state index is 11.1. The first-order chi connectivity index (χ1) is 5.86. The van der Waals surface area contributed by atoms with E-state index in [4.69, 9.17) is 0 Å². The number of amides is 1. The Kier molecular flexibility index (Phi) is 2.15. The number of hydrogen-bond acceptors (Lipinski definition) is 1. The molecule has 0 aromatic heterocycles. The SMILES string of the molecule is O=C1CCC2CCCCC=C2N1. The van der Waals surface area contributed by atoms with Crippen LogP contribution in [0, 0.1) is 5.92 Å². The van der Waals surface area contributed by atoms with E-state index in [0.29, 0.717) is 5.92 Å². The number of nitrogens with one attached hydrogen (secondary N) is 1. The molecule has 1 amide bonds. The van der Waals surface area contributed by atoms with Crippen molar-refractivity contribution in [2.45, 2.75) is 38.5 Å². The van der Waals surface area contributed by atoms with Crippen LogP contribution in [0.4, 0.5) is 0 Å². The molecule has 0 spiro atoms. The highest BCUT2D eigenvalue weighted by Gasteiger charge is 2.23. The van der Waals surface area contributed by atoms with Crippen molar-refractivity contribution in [1.29, 1.82) is 0 Å². The van der Waals surface area contributed by atoms with E-state index in [2.05, 4.69) is 11.4 Å². The molecule has 0 saturated carbocycles. The lowest BCUT2D eigenvalue weighted by Crippen LogP contribution is -2.32. The normalized spacial score (nSPS) is 29.8. The van der Waals surface area contributed by atoms with E-state index in [1.165, 1.54) is 25.0 Å². The van der Waals surface area contributed by atoms with Gasteiger partial charge < -0.3 is 5.32 Å². The van der Waals surface area contributed by atoms with Crippen molar-refractivity contribution in [3.8, 4) is 0 Å². The van der Waals surface area contributed by atoms with Crippen molar-refractivity contribution in [2.24, 2.45) is 5.92 Å². The third kappa shape index (κ3) is 1.52. The molecule has 0 aromatic carbocycles. The lowest BCUT2D eigenvalue weighted by Gasteiger charge is -2.24. The maximum atomic E-state index is 11.1. The quantitative estimate of drug-likeness (QED) is 0.584. The third-order valence-electron chi connectivity index (χ3n) is 2.81. The second-order valence-corrected chi connectivity index (χ2v) is 3.73. The van der Waals surface area contributed by atoms with Crippen LogP contribution in [0.5, 0.6) is 0 Å². The van der Waals surface area contributed by atoms with E-state index < -0.39 is 0 Å². The monoisotopic (exact) mass is 165 g/mol. The average Bonchev–Trinajstić information content (AvgIpc) is 2.28. The predicted octanol–water partition coefficient (Wildman–Crippen LogP) is 1.97. The van der Waals surface area contributed by atoms with Gasteiger partial charge in [0.15, 0.2) is 0 Å². The zero-order chi connectivity index (χ0) is 8.39. The minimum Gasteiger partial charge on any atom is -0.330 e. The molecule has 12 heavy (non-hydrogen) atoms. The molecule has 1 atom stereocenters. The van der Waals surface area contributed by atoms with Gasteiger partial charge in [-0.15, -0.1) is 0 Å². The van der Waals surface area contributed by atoms with Crippen LogP contribution in [-0.4, -0.2) is 5.91 Å². The highest BCUT2D eigenvalue weighted by Crippen LogP contribution is 2.28. The number of fused-ring (bicyclic) bond motifs is 1. The number of carbonyl (C=O) groups excluding carboxylic acids is 1. The first-order valence-electron chi connectivity index (χ1n) is 4.86. The lowest BCUT2D eigenvalue weighted by atomic mass is 9.92. The van der Waals surface area contributed by atoms with E-state index >= 15 is 0 Å². The van der Waals surface area contributed by atoms with E-state index in [-0.39, 0.29) is 5.91 Å². The fraction of sp³-hybridized carbons (Fsp3) is 0.700. The topological polar surface area (TPSA) is 29.1 Å². The molecule has 2 rings (SSSR count). The van der Waals surface area contributed by atoms with Gasteiger partial charge in [0.25, 0.3) is 0 Å². The zero-order valence-corrected chi connectivity index (χ0v) is 7.31. The summed E-state index contributed by atoms with van der Waals surface area (Å²) in [7, 11) is 0. The van der Waals surface area contributed by atoms with Crippen molar-refractivity contribution in [3.05, 3.63) is 11.8 Å². The Hall–Kier alpha value is -0.790.